The van der Waals surface area contributed by atoms with Gasteiger partial charge in [0.25, 0.3) is 5.56 Å². The molecule has 2 aliphatic rings. The van der Waals surface area contributed by atoms with Crippen molar-refractivity contribution in [2.75, 3.05) is 14.1 Å². The fraction of sp³-hybridized carbons (Fsp3) is 0.111. The van der Waals surface area contributed by atoms with E-state index in [1.165, 1.54) is 47.3 Å². The molecule has 0 bridgehead atoms. The summed E-state index contributed by atoms with van der Waals surface area (Å²) in [7, 11) is -5.14. The molecule has 2 heterocycles. The van der Waals surface area contributed by atoms with E-state index in [1.807, 2.05) is 0 Å². The number of ether oxygens (including phenoxy) is 2. The number of hydrogen-bond acceptors (Lipinski definition) is 4. The predicted molar refractivity (Wildman–Crippen MR) is 91.4 cm³/mol. The predicted octanol–water partition coefficient (Wildman–Crippen LogP) is 2.84. The Bertz CT molecular complexity index is 1240. The van der Waals surface area contributed by atoms with E-state index in [4.69, 9.17) is 17.7 Å². The number of aromatic nitrogens is 3. The molecule has 0 radical (unpaired) electrons. The second-order valence-electron chi connectivity index (χ2n) is 5.17. The van der Waals surface area contributed by atoms with Gasteiger partial charge in [-0.1, -0.05) is 0 Å². The summed E-state index contributed by atoms with van der Waals surface area (Å²) in [6.07, 6.45) is 1.49. The van der Waals surface area contributed by atoms with Gasteiger partial charge in [0.05, 0.1) is 39.1 Å². The molecule has 120 valence electrons. The van der Waals surface area contributed by atoms with Crippen LogP contribution in [0.1, 0.15) is 8.22 Å². The number of hydrogen-bond donors (Lipinski definition) is 1. The van der Waals surface area contributed by atoms with Crippen LogP contribution >= 0.6 is 0 Å². The van der Waals surface area contributed by atoms with Crippen molar-refractivity contribution in [3.05, 3.63) is 59.0 Å². The molecular weight excluding hydrogens is 306 g/mol. The van der Waals surface area contributed by atoms with Crippen molar-refractivity contribution in [3.63, 3.8) is 0 Å². The van der Waals surface area contributed by atoms with Crippen LogP contribution in [0.25, 0.3) is 27.8 Å². The molecule has 0 aliphatic carbocycles. The zero-order valence-electron chi connectivity index (χ0n) is 18.2. The lowest BCUT2D eigenvalue weighted by molar-refractivity contribution is 0.414. The molecule has 0 atom stereocenters. The number of aromatic amines is 1. The van der Waals surface area contributed by atoms with E-state index >= 15 is 0 Å². The molecule has 2 aliphatic heterocycles. The van der Waals surface area contributed by atoms with Crippen LogP contribution in [0.2, 0.25) is 0 Å². The van der Waals surface area contributed by atoms with Crippen molar-refractivity contribution < 1.29 is 17.7 Å². The van der Waals surface area contributed by atoms with Gasteiger partial charge in [0.15, 0.2) is 0 Å². The first-order chi connectivity index (χ1) is 14.0. The van der Waals surface area contributed by atoms with E-state index in [9.17, 15) is 4.79 Å². The van der Waals surface area contributed by atoms with Gasteiger partial charge in [-0.15, -0.1) is 0 Å². The monoisotopic (exact) mass is 327 g/mol. The summed E-state index contributed by atoms with van der Waals surface area (Å²) in [5.74, 6) is 0.299. The van der Waals surface area contributed by atoms with Crippen LogP contribution in [0.3, 0.4) is 0 Å². The van der Waals surface area contributed by atoms with Crippen molar-refractivity contribution in [1.82, 2.24) is 14.8 Å². The smallest absolute Gasteiger partial charge is 0.282 e. The maximum Gasteiger partial charge on any atom is 0.282 e. The minimum Gasteiger partial charge on any atom is -0.497 e. The van der Waals surface area contributed by atoms with Gasteiger partial charge in [-0.25, -0.2) is 0 Å². The highest BCUT2D eigenvalue weighted by Crippen LogP contribution is 2.28. The average Bonchev–Trinajstić information content (AvgIpc) is 2.96. The third kappa shape index (κ3) is 2.11. The number of benzene rings is 2. The summed E-state index contributed by atoms with van der Waals surface area (Å²) >= 11 is 0. The molecule has 0 amide bonds. The molecule has 0 saturated heterocycles. The lowest BCUT2D eigenvalue weighted by Gasteiger charge is -2.05. The van der Waals surface area contributed by atoms with Crippen molar-refractivity contribution >= 4 is 10.9 Å². The first-order valence-corrected chi connectivity index (χ1v) is 7.03. The van der Waals surface area contributed by atoms with E-state index in [2.05, 4.69) is 10.1 Å². The lowest BCUT2D eigenvalue weighted by Crippen LogP contribution is -2.14. The zero-order valence-corrected chi connectivity index (χ0v) is 12.2. The Kier molecular flexibility index (Phi) is 2.06. The van der Waals surface area contributed by atoms with Gasteiger partial charge in [-0.3, -0.25) is 4.79 Å². The fourth-order valence-corrected chi connectivity index (χ4v) is 2.64. The molecule has 2 aromatic rings. The van der Waals surface area contributed by atoms with Gasteiger partial charge < -0.3 is 14.5 Å². The average molecular weight is 327 g/mol. The number of nitrogens with zero attached hydrogens (tertiary/aromatic N) is 2. The van der Waals surface area contributed by atoms with E-state index < -0.39 is 14.1 Å². The molecule has 0 saturated carbocycles. The van der Waals surface area contributed by atoms with E-state index in [0.29, 0.717) is 27.8 Å². The Morgan fingerprint density at radius 2 is 1.83 bits per heavy atom. The second kappa shape index (κ2) is 5.42. The highest BCUT2D eigenvalue weighted by atomic mass is 16.5. The van der Waals surface area contributed by atoms with Crippen LogP contribution in [-0.2, 0) is 0 Å². The Morgan fingerprint density at radius 3 is 2.62 bits per heavy atom. The summed E-state index contributed by atoms with van der Waals surface area (Å²) in [6.45, 7) is 0. The van der Waals surface area contributed by atoms with Gasteiger partial charge in [0.1, 0.15) is 17.2 Å². The molecule has 0 fully saturated rings. The first kappa shape index (κ1) is 9.12. The summed E-state index contributed by atoms with van der Waals surface area (Å²) in [5.41, 5.74) is 1.39. The quantitative estimate of drug-likeness (QED) is 0.628. The van der Waals surface area contributed by atoms with Gasteiger partial charge in [-0.2, -0.15) is 9.78 Å². The lowest BCUT2D eigenvalue weighted by atomic mass is 10.1. The maximum atomic E-state index is 12.8. The minimum absolute atomic E-state index is 0.142. The number of pyridine rings is 1. The molecule has 6 heteroatoms. The molecule has 24 heavy (non-hydrogen) atoms. The van der Waals surface area contributed by atoms with Crippen LogP contribution in [0, 0.1) is 0 Å². The summed E-state index contributed by atoms with van der Waals surface area (Å²) in [6, 6.07) is 10.6. The molecule has 2 aromatic carbocycles. The molecule has 4 rings (SSSR count). The highest BCUT2D eigenvalue weighted by molar-refractivity contribution is 5.93. The zero-order chi connectivity index (χ0) is 21.7. The second-order valence-corrected chi connectivity index (χ2v) is 5.17. The van der Waals surface area contributed by atoms with Gasteiger partial charge in [0, 0.05) is 17.6 Å². The number of methoxy groups -OCH3 is 2. The maximum absolute atomic E-state index is 12.8. The standard InChI is InChI=1S/C18H15N3O3/c1-23-12-5-3-11(4-6-12)21-18(22)15-10-19-16-9-13(24-2)7-8-14(16)17(15)20-21/h3-10,19H,1-2H3/i1D3,2D3. The van der Waals surface area contributed by atoms with Crippen molar-refractivity contribution in [1.29, 1.82) is 0 Å². The van der Waals surface area contributed by atoms with E-state index in [-0.39, 0.29) is 17.1 Å². The molecule has 6 nitrogen and oxygen atoms in total. The molecular formula is C18H15N3O3. The van der Waals surface area contributed by atoms with Crippen LogP contribution in [0.5, 0.6) is 11.5 Å². The highest BCUT2D eigenvalue weighted by Gasteiger charge is 2.19. The van der Waals surface area contributed by atoms with Crippen LogP contribution < -0.4 is 15.0 Å². The van der Waals surface area contributed by atoms with Crippen LogP contribution in [-0.4, -0.2) is 28.8 Å². The van der Waals surface area contributed by atoms with Crippen LogP contribution in [0.15, 0.2) is 53.5 Å². The first-order valence-electron chi connectivity index (χ1n) is 10.0. The Hall–Kier alpha value is -3.28. The number of rotatable bonds is 3. The molecule has 0 spiro atoms. The van der Waals surface area contributed by atoms with Gasteiger partial charge in [0.2, 0.25) is 0 Å². The number of H-pyrrole nitrogens is 1. The Morgan fingerprint density at radius 1 is 1.08 bits per heavy atom. The normalized spacial score (nSPS) is 15.8. The molecule has 1 N–H and O–H groups in total. The van der Waals surface area contributed by atoms with Crippen LogP contribution in [0.4, 0.5) is 0 Å². The van der Waals surface area contributed by atoms with Crippen molar-refractivity contribution in [3.8, 4) is 28.4 Å². The summed E-state index contributed by atoms with van der Waals surface area (Å²) < 4.78 is 53.9. The SMILES string of the molecule is [2H]C([2H])([2H])Oc1ccc(-n2nc3c4ccc(OC([2H])([2H])[2H])cc4[nH]cc-3c2=O)cc1. The largest absolute Gasteiger partial charge is 0.497 e. The Balaban J connectivity index is 1.75. The third-order valence-corrected chi connectivity index (χ3v) is 3.81. The number of nitrogens with one attached hydrogen (secondary N) is 1. The van der Waals surface area contributed by atoms with E-state index in [0.717, 1.165) is 0 Å². The minimum atomic E-state index is -2.57. The van der Waals surface area contributed by atoms with Gasteiger partial charge in [-0.05, 0) is 36.4 Å². The van der Waals surface area contributed by atoms with Gasteiger partial charge >= 0.3 is 0 Å². The summed E-state index contributed by atoms with van der Waals surface area (Å²) in [4.78, 5) is 15.8. The summed E-state index contributed by atoms with van der Waals surface area (Å²) in [5, 5.41) is 5.01. The van der Waals surface area contributed by atoms with Crippen molar-refractivity contribution in [2.24, 2.45) is 0 Å². The Labute approximate surface area is 146 Å². The third-order valence-electron chi connectivity index (χ3n) is 3.81. The van der Waals surface area contributed by atoms with E-state index in [1.54, 1.807) is 6.07 Å². The van der Waals surface area contributed by atoms with Crippen molar-refractivity contribution in [2.45, 2.75) is 0 Å². The topological polar surface area (TPSA) is 69.1 Å². The molecule has 0 unspecified atom stereocenters. The molecule has 0 aromatic heterocycles. The fourth-order valence-electron chi connectivity index (χ4n) is 2.64. The number of fused-ring (bicyclic) bond motifs is 3.